The van der Waals surface area contributed by atoms with Crippen LogP contribution in [0.5, 0.6) is 0 Å². The highest BCUT2D eigenvalue weighted by molar-refractivity contribution is 6.44. The molecule has 0 bridgehead atoms. The molecule has 0 saturated carbocycles. The lowest BCUT2D eigenvalue weighted by Gasteiger charge is -2.41. The summed E-state index contributed by atoms with van der Waals surface area (Å²) in [5, 5.41) is 0.237. The predicted octanol–water partition coefficient (Wildman–Crippen LogP) is 2.91. The number of ether oxygens (including phenoxy) is 1. The quantitative estimate of drug-likeness (QED) is 0.669. The summed E-state index contributed by atoms with van der Waals surface area (Å²) in [5.74, 6) is 0.000978. The molecule has 2 saturated heterocycles. The fourth-order valence-electron chi connectivity index (χ4n) is 5.07. The number of rotatable bonds is 2. The van der Waals surface area contributed by atoms with Crippen LogP contribution < -0.4 is 16.2 Å². The number of halogens is 3. The molecule has 3 aliphatic heterocycles. The molecule has 170 valence electrons. The van der Waals surface area contributed by atoms with Crippen LogP contribution in [0.4, 0.5) is 10.3 Å². The molecule has 1 aromatic heterocycles. The van der Waals surface area contributed by atoms with Crippen molar-refractivity contribution in [3.63, 3.8) is 0 Å². The largest absolute Gasteiger partial charge is 0.376 e. The van der Waals surface area contributed by atoms with Crippen LogP contribution in [0.25, 0.3) is 0 Å². The number of benzene rings is 1. The summed E-state index contributed by atoms with van der Waals surface area (Å²) in [6.07, 6.45) is 1.80. The average molecular weight is 480 g/mol. The first kappa shape index (κ1) is 21.8. The zero-order chi connectivity index (χ0) is 22.8. The number of aliphatic imine (C=N–C) groups is 1. The lowest BCUT2D eigenvalue weighted by molar-refractivity contribution is 0.0973. The van der Waals surface area contributed by atoms with Gasteiger partial charge in [-0.15, -0.1) is 0 Å². The molecule has 0 radical (unpaired) electrons. The van der Waals surface area contributed by atoms with Gasteiger partial charge in [0.2, 0.25) is 5.95 Å². The van der Waals surface area contributed by atoms with Crippen molar-refractivity contribution >= 4 is 34.9 Å². The Bertz CT molecular complexity index is 1190. The van der Waals surface area contributed by atoms with Gasteiger partial charge in [-0.1, -0.05) is 23.2 Å². The maximum atomic E-state index is 14.6. The summed E-state index contributed by atoms with van der Waals surface area (Å²) in [6, 6.07) is 2.61. The van der Waals surface area contributed by atoms with E-state index >= 15 is 0 Å². The van der Waals surface area contributed by atoms with Crippen LogP contribution in [0.3, 0.4) is 0 Å². The van der Waals surface area contributed by atoms with E-state index < -0.39 is 5.82 Å². The molecule has 3 aliphatic rings. The van der Waals surface area contributed by atoms with E-state index in [1.165, 1.54) is 16.7 Å². The molecular weight excluding hydrogens is 456 g/mol. The molecule has 4 heterocycles. The zero-order valence-corrected chi connectivity index (χ0v) is 19.4. The highest BCUT2D eigenvalue weighted by Crippen LogP contribution is 2.42. The van der Waals surface area contributed by atoms with E-state index in [2.05, 4.69) is 9.89 Å². The van der Waals surface area contributed by atoms with Gasteiger partial charge in [0, 0.05) is 31.6 Å². The Hall–Kier alpha value is -2.00. The van der Waals surface area contributed by atoms with Gasteiger partial charge in [-0.2, -0.15) is 0 Å². The Morgan fingerprint density at radius 1 is 1.25 bits per heavy atom. The maximum Gasteiger partial charge on any atom is 0.264 e. The van der Waals surface area contributed by atoms with Gasteiger partial charge in [0.1, 0.15) is 5.82 Å². The molecule has 0 amide bonds. The molecule has 2 fully saturated rings. The molecular formula is C22H24Cl2FN5O2. The molecule has 5 rings (SSSR count). The maximum absolute atomic E-state index is 14.6. The average Bonchev–Trinajstić information content (AvgIpc) is 3.32. The van der Waals surface area contributed by atoms with Gasteiger partial charge in [-0.25, -0.2) is 9.37 Å². The van der Waals surface area contributed by atoms with E-state index in [0.717, 1.165) is 25.9 Å². The summed E-state index contributed by atoms with van der Waals surface area (Å²) in [4.78, 5) is 24.6. The Balaban J connectivity index is 1.47. The molecule has 10 heteroatoms. The summed E-state index contributed by atoms with van der Waals surface area (Å²) in [5.41, 5.74) is 7.14. The summed E-state index contributed by atoms with van der Waals surface area (Å²) < 4.78 is 21.9. The monoisotopic (exact) mass is 479 g/mol. The first-order valence-corrected chi connectivity index (χ1v) is 11.4. The lowest BCUT2D eigenvalue weighted by Crippen LogP contribution is -2.51. The van der Waals surface area contributed by atoms with E-state index in [4.69, 9.17) is 38.7 Å². The molecule has 32 heavy (non-hydrogen) atoms. The van der Waals surface area contributed by atoms with Crippen LogP contribution >= 0.6 is 23.2 Å². The van der Waals surface area contributed by atoms with Crippen LogP contribution in [0, 0.1) is 11.2 Å². The van der Waals surface area contributed by atoms with Crippen molar-refractivity contribution in [3.05, 3.63) is 55.2 Å². The van der Waals surface area contributed by atoms with Gasteiger partial charge in [-0.05, 0) is 31.9 Å². The van der Waals surface area contributed by atoms with Crippen molar-refractivity contribution in [1.29, 1.82) is 0 Å². The van der Waals surface area contributed by atoms with E-state index in [9.17, 15) is 9.18 Å². The number of nitrogens with two attached hydrogens (primary N) is 1. The fraction of sp³-hybridized carbons (Fsp3) is 0.500. The van der Waals surface area contributed by atoms with Crippen molar-refractivity contribution in [2.45, 2.75) is 38.5 Å². The Morgan fingerprint density at radius 2 is 1.97 bits per heavy atom. The lowest BCUT2D eigenvalue weighted by atomic mass is 9.73. The van der Waals surface area contributed by atoms with Gasteiger partial charge in [-0.3, -0.25) is 14.4 Å². The summed E-state index contributed by atoms with van der Waals surface area (Å²) in [6.45, 7) is 4.33. The number of piperidine rings is 1. The first-order valence-electron chi connectivity index (χ1n) is 10.6. The molecule has 2 aromatic rings. The second kappa shape index (κ2) is 7.80. The third-order valence-electron chi connectivity index (χ3n) is 7.14. The number of hydrogen-bond acceptors (Lipinski definition) is 6. The molecule has 1 aromatic carbocycles. The number of fused-ring (bicyclic) bond motifs is 1. The highest BCUT2D eigenvalue weighted by atomic mass is 35.5. The second-order valence-electron chi connectivity index (χ2n) is 8.87. The van der Waals surface area contributed by atoms with Crippen molar-refractivity contribution in [2.75, 3.05) is 24.6 Å². The van der Waals surface area contributed by atoms with Crippen molar-refractivity contribution in [2.24, 2.45) is 23.2 Å². The molecule has 0 unspecified atom stereocenters. The Kier molecular flexibility index (Phi) is 5.32. The fourth-order valence-corrected chi connectivity index (χ4v) is 5.48. The number of anilines is 1. The Morgan fingerprint density at radius 3 is 2.62 bits per heavy atom. The van der Waals surface area contributed by atoms with Crippen LogP contribution in [-0.4, -0.2) is 47.1 Å². The summed E-state index contributed by atoms with van der Waals surface area (Å²) >= 11 is 12.3. The minimum absolute atomic E-state index is 0.00903. The second-order valence-corrected chi connectivity index (χ2v) is 9.66. The van der Waals surface area contributed by atoms with E-state index in [1.54, 1.807) is 7.05 Å². The van der Waals surface area contributed by atoms with Crippen LogP contribution in [-0.2, 0) is 18.3 Å². The van der Waals surface area contributed by atoms with Crippen LogP contribution in [0.1, 0.15) is 36.6 Å². The first-order chi connectivity index (χ1) is 15.2. The minimum atomic E-state index is -0.581. The summed E-state index contributed by atoms with van der Waals surface area (Å²) in [7, 11) is 1.67. The zero-order valence-electron chi connectivity index (χ0n) is 17.9. The number of nitrogens with zero attached hydrogens (tertiary/aromatic N) is 4. The van der Waals surface area contributed by atoms with Crippen molar-refractivity contribution < 1.29 is 9.13 Å². The number of aromatic nitrogens is 2. The normalized spacial score (nSPS) is 24.2. The van der Waals surface area contributed by atoms with Gasteiger partial charge in [0.25, 0.3) is 5.56 Å². The van der Waals surface area contributed by atoms with Gasteiger partial charge >= 0.3 is 0 Å². The van der Waals surface area contributed by atoms with Crippen LogP contribution in [0.2, 0.25) is 10.0 Å². The van der Waals surface area contributed by atoms with Gasteiger partial charge in [0.15, 0.2) is 0 Å². The highest BCUT2D eigenvalue weighted by Gasteiger charge is 2.48. The van der Waals surface area contributed by atoms with Gasteiger partial charge in [0.05, 0.1) is 51.8 Å². The third-order valence-corrected chi connectivity index (χ3v) is 7.94. The molecule has 1 spiro atoms. The van der Waals surface area contributed by atoms with Crippen LogP contribution in [0.15, 0.2) is 21.9 Å². The predicted molar refractivity (Wildman–Crippen MR) is 123 cm³/mol. The van der Waals surface area contributed by atoms with E-state index in [-0.39, 0.29) is 56.5 Å². The molecule has 2 N–H and O–H groups in total. The molecule has 7 nitrogen and oxygen atoms in total. The SMILES string of the molecule is C[C@@H]1OCC2(CCN(c3nc4c(c(=O)n3C)C(c3c(F)ccc(Cl)c3Cl)=NC4)CC2)[C@@H]1N. The number of hydrogen-bond donors (Lipinski definition) is 1. The van der Waals surface area contributed by atoms with E-state index in [1.807, 2.05) is 6.92 Å². The van der Waals surface area contributed by atoms with E-state index in [0.29, 0.717) is 18.2 Å². The smallest absolute Gasteiger partial charge is 0.264 e. The standard InChI is InChI=1S/C22H24Cl2FN5O2/c1-11-19(26)22(10-32-11)5-7-30(8-6-22)21-28-14-9-27-18(16(14)20(31)29(21)2)15-13(25)4-3-12(23)17(15)24/h3-4,11,19H,5-10,26H2,1-2H3/t11-,19+/m0/s1. The molecule has 2 atom stereocenters. The Labute approximate surface area is 195 Å². The topological polar surface area (TPSA) is 85.7 Å². The molecule has 0 aliphatic carbocycles. The van der Waals surface area contributed by atoms with Crippen molar-refractivity contribution in [3.8, 4) is 0 Å². The minimum Gasteiger partial charge on any atom is -0.376 e. The third kappa shape index (κ3) is 3.19. The van der Waals surface area contributed by atoms with Crippen molar-refractivity contribution in [1.82, 2.24) is 9.55 Å². The van der Waals surface area contributed by atoms with Gasteiger partial charge < -0.3 is 15.4 Å².